The van der Waals surface area contributed by atoms with Crippen molar-refractivity contribution in [3.8, 4) is 0 Å². The summed E-state index contributed by atoms with van der Waals surface area (Å²) in [6.45, 7) is 0. The summed E-state index contributed by atoms with van der Waals surface area (Å²) in [6.07, 6.45) is 5.55. The highest BCUT2D eigenvalue weighted by Gasteiger charge is 2.35. The zero-order valence-electron chi connectivity index (χ0n) is 7.33. The van der Waals surface area contributed by atoms with Crippen molar-refractivity contribution in [2.45, 2.75) is 44.6 Å². The molecule has 68 valence electrons. The number of aliphatic hydroxyl groups is 1. The van der Waals surface area contributed by atoms with Gasteiger partial charge in [-0.05, 0) is 38.5 Å². The van der Waals surface area contributed by atoms with Gasteiger partial charge in [0.2, 0.25) is 0 Å². The van der Waals surface area contributed by atoms with Crippen LogP contribution in [-0.2, 0) is 4.79 Å². The molecule has 12 heavy (non-hydrogen) atoms. The number of hydrogen-bond acceptors (Lipinski definition) is 2. The smallest absolute Gasteiger partial charge is 0.139 e. The van der Waals surface area contributed by atoms with Gasteiger partial charge in [-0.15, -0.1) is 0 Å². The molecule has 0 heterocycles. The quantitative estimate of drug-likeness (QED) is 0.595. The van der Waals surface area contributed by atoms with E-state index in [-0.39, 0.29) is 6.10 Å². The molecule has 2 fully saturated rings. The van der Waals surface area contributed by atoms with E-state index in [9.17, 15) is 9.90 Å². The molecule has 0 spiro atoms. The minimum Gasteiger partial charge on any atom is -0.393 e. The molecule has 0 aromatic carbocycles. The third kappa shape index (κ3) is 1.40. The number of ketones is 1. The highest BCUT2D eigenvalue weighted by atomic mass is 16.3. The highest BCUT2D eigenvalue weighted by Crippen LogP contribution is 2.36. The first-order valence-electron chi connectivity index (χ1n) is 4.99. The largest absolute Gasteiger partial charge is 0.393 e. The first-order chi connectivity index (χ1) is 5.77. The maximum atomic E-state index is 11.6. The Kier molecular flexibility index (Phi) is 2.18. The average Bonchev–Trinajstić information content (AvgIpc) is 2.43. The minimum absolute atomic E-state index is 0.138. The van der Waals surface area contributed by atoms with Gasteiger partial charge < -0.3 is 5.11 Å². The number of hydrogen-bond donors (Lipinski definition) is 1. The number of rotatable bonds is 0. The summed E-state index contributed by atoms with van der Waals surface area (Å²) in [6, 6.07) is 0. The zero-order chi connectivity index (χ0) is 8.55. The monoisotopic (exact) mass is 168 g/mol. The lowest BCUT2D eigenvalue weighted by atomic mass is 9.89. The predicted octanol–water partition coefficient (Wildman–Crippen LogP) is 1.52. The topological polar surface area (TPSA) is 37.3 Å². The fraction of sp³-hybridized carbons (Fsp3) is 0.900. The number of Topliss-reactive ketones (excluding diaryl/α,β-unsaturated/α-hetero) is 1. The van der Waals surface area contributed by atoms with Crippen molar-refractivity contribution in [1.29, 1.82) is 0 Å². The van der Waals surface area contributed by atoms with E-state index in [1.54, 1.807) is 0 Å². The van der Waals surface area contributed by atoms with Gasteiger partial charge in [-0.2, -0.15) is 0 Å². The normalized spacial score (nSPS) is 42.4. The van der Waals surface area contributed by atoms with Gasteiger partial charge in [0.15, 0.2) is 0 Å². The Bertz CT molecular complexity index is 170. The summed E-state index contributed by atoms with van der Waals surface area (Å²) in [5, 5.41) is 9.45. The van der Waals surface area contributed by atoms with Gasteiger partial charge in [0.05, 0.1) is 6.10 Å². The Morgan fingerprint density at radius 2 is 1.33 bits per heavy atom. The molecule has 0 amide bonds. The molecule has 2 nitrogen and oxygen atoms in total. The molecule has 2 aliphatic rings. The fourth-order valence-corrected chi connectivity index (χ4v) is 2.52. The predicted molar refractivity (Wildman–Crippen MR) is 45.7 cm³/mol. The molecule has 2 bridgehead atoms. The van der Waals surface area contributed by atoms with Crippen molar-refractivity contribution in [3.05, 3.63) is 0 Å². The van der Waals surface area contributed by atoms with Crippen LogP contribution in [0.25, 0.3) is 0 Å². The van der Waals surface area contributed by atoms with Crippen LogP contribution in [0.15, 0.2) is 0 Å². The van der Waals surface area contributed by atoms with Crippen molar-refractivity contribution < 1.29 is 9.90 Å². The maximum absolute atomic E-state index is 11.6. The third-order valence-corrected chi connectivity index (χ3v) is 3.37. The van der Waals surface area contributed by atoms with Crippen LogP contribution in [0.2, 0.25) is 0 Å². The van der Waals surface area contributed by atoms with E-state index in [1.807, 2.05) is 0 Å². The van der Waals surface area contributed by atoms with Gasteiger partial charge in [-0.1, -0.05) is 0 Å². The molecule has 0 saturated heterocycles. The Hall–Kier alpha value is -0.370. The van der Waals surface area contributed by atoms with E-state index >= 15 is 0 Å². The van der Waals surface area contributed by atoms with Crippen LogP contribution in [0.1, 0.15) is 38.5 Å². The SMILES string of the molecule is O=C1C2CCC(O)CCC1CC2. The molecule has 2 heteroatoms. The number of carbonyl (C=O) groups is 1. The minimum atomic E-state index is -0.138. The van der Waals surface area contributed by atoms with Gasteiger partial charge >= 0.3 is 0 Å². The van der Waals surface area contributed by atoms with Crippen molar-refractivity contribution in [2.24, 2.45) is 11.8 Å². The summed E-state index contributed by atoms with van der Waals surface area (Å²) >= 11 is 0. The zero-order valence-corrected chi connectivity index (χ0v) is 7.33. The van der Waals surface area contributed by atoms with Gasteiger partial charge in [0.1, 0.15) is 5.78 Å². The maximum Gasteiger partial charge on any atom is 0.139 e. The number of aliphatic hydroxyl groups excluding tert-OH is 1. The van der Waals surface area contributed by atoms with Gasteiger partial charge in [0, 0.05) is 11.8 Å². The molecule has 2 aliphatic carbocycles. The van der Waals surface area contributed by atoms with Crippen LogP contribution in [0.4, 0.5) is 0 Å². The summed E-state index contributed by atoms with van der Waals surface area (Å²) < 4.78 is 0. The van der Waals surface area contributed by atoms with Gasteiger partial charge in [-0.3, -0.25) is 4.79 Å². The van der Waals surface area contributed by atoms with Crippen LogP contribution in [-0.4, -0.2) is 17.0 Å². The van der Waals surface area contributed by atoms with Gasteiger partial charge in [0.25, 0.3) is 0 Å². The van der Waals surface area contributed by atoms with E-state index in [4.69, 9.17) is 0 Å². The average molecular weight is 168 g/mol. The molecule has 2 unspecified atom stereocenters. The lowest BCUT2D eigenvalue weighted by Gasteiger charge is -2.18. The standard InChI is InChI=1S/C10H16O2/c11-9-5-3-7-1-2-8(4-6-9)10(7)12/h7-9,11H,1-6H2. The van der Waals surface area contributed by atoms with Gasteiger partial charge in [-0.25, -0.2) is 0 Å². The van der Waals surface area contributed by atoms with Crippen LogP contribution >= 0.6 is 0 Å². The van der Waals surface area contributed by atoms with Crippen molar-refractivity contribution in [3.63, 3.8) is 0 Å². The molecule has 2 rings (SSSR count). The number of carbonyl (C=O) groups excluding carboxylic acids is 1. The van der Waals surface area contributed by atoms with Crippen LogP contribution in [0.3, 0.4) is 0 Å². The van der Waals surface area contributed by atoms with Crippen LogP contribution in [0, 0.1) is 11.8 Å². The second kappa shape index (κ2) is 3.17. The van der Waals surface area contributed by atoms with E-state index in [0.29, 0.717) is 17.6 Å². The van der Waals surface area contributed by atoms with E-state index in [0.717, 1.165) is 38.5 Å². The Morgan fingerprint density at radius 1 is 0.917 bits per heavy atom. The van der Waals surface area contributed by atoms with E-state index in [1.165, 1.54) is 0 Å². The molecule has 0 aromatic rings. The Morgan fingerprint density at radius 3 is 1.83 bits per heavy atom. The first-order valence-corrected chi connectivity index (χ1v) is 4.99. The number of fused-ring (bicyclic) bond motifs is 2. The summed E-state index contributed by atoms with van der Waals surface area (Å²) in [5.74, 6) is 1.08. The second-order valence-corrected chi connectivity index (χ2v) is 4.18. The molecule has 1 N–H and O–H groups in total. The highest BCUT2D eigenvalue weighted by molar-refractivity contribution is 5.85. The lowest BCUT2D eigenvalue weighted by molar-refractivity contribution is -0.125. The second-order valence-electron chi connectivity index (χ2n) is 4.18. The summed E-state index contributed by atoms with van der Waals surface area (Å²) in [4.78, 5) is 11.6. The van der Waals surface area contributed by atoms with Crippen LogP contribution in [0.5, 0.6) is 0 Å². The fourth-order valence-electron chi connectivity index (χ4n) is 2.52. The Balaban J connectivity index is 2.05. The van der Waals surface area contributed by atoms with E-state index < -0.39 is 0 Å². The summed E-state index contributed by atoms with van der Waals surface area (Å²) in [7, 11) is 0. The molecule has 0 aliphatic heterocycles. The van der Waals surface area contributed by atoms with Crippen molar-refractivity contribution >= 4 is 5.78 Å². The van der Waals surface area contributed by atoms with Crippen molar-refractivity contribution in [1.82, 2.24) is 0 Å². The van der Waals surface area contributed by atoms with Crippen molar-refractivity contribution in [2.75, 3.05) is 0 Å². The summed E-state index contributed by atoms with van der Waals surface area (Å²) in [5.41, 5.74) is 0. The molecule has 2 atom stereocenters. The van der Waals surface area contributed by atoms with E-state index in [2.05, 4.69) is 0 Å². The molecular weight excluding hydrogens is 152 g/mol. The Labute approximate surface area is 73.0 Å². The third-order valence-electron chi connectivity index (χ3n) is 3.37. The molecule has 0 radical (unpaired) electrons. The molecule has 0 aromatic heterocycles. The van der Waals surface area contributed by atoms with Crippen LogP contribution < -0.4 is 0 Å². The molecular formula is C10H16O2. The first kappa shape index (κ1) is 8.24. The lowest BCUT2D eigenvalue weighted by Crippen LogP contribution is -2.21. The molecule has 2 saturated carbocycles.